The fourth-order valence-corrected chi connectivity index (χ4v) is 0.235. The highest BCUT2D eigenvalue weighted by atomic mass is 16.5. The summed E-state index contributed by atoms with van der Waals surface area (Å²) in [5, 5.41) is 0. The van der Waals surface area contributed by atoms with Crippen molar-refractivity contribution in [1.29, 1.82) is 0 Å². The van der Waals surface area contributed by atoms with Crippen LogP contribution in [0.25, 0.3) is 0 Å². The van der Waals surface area contributed by atoms with Crippen LogP contribution < -0.4 is 0 Å². The second kappa shape index (κ2) is 13.0. The number of hydrogen-bond donors (Lipinski definition) is 0. The largest absolute Gasteiger partial charge is 0.435 e. The second-order valence-corrected chi connectivity index (χ2v) is 1.55. The monoisotopic (exact) mass is 188 g/mol. The number of ether oxygens (including phenoxy) is 2. The Labute approximate surface area is 78.8 Å². The lowest BCUT2D eigenvalue weighted by Crippen LogP contribution is -1.87. The van der Waals surface area contributed by atoms with Gasteiger partial charge in [-0.25, -0.2) is 0 Å². The van der Waals surface area contributed by atoms with E-state index in [4.69, 9.17) is 0 Å². The Balaban J connectivity index is -0.000000143. The average Bonchev–Trinajstić information content (AvgIpc) is 1.87. The minimum absolute atomic E-state index is 0. The van der Waals surface area contributed by atoms with Crippen LogP contribution in [0, 0.1) is 0 Å². The average molecular weight is 188 g/mol. The van der Waals surface area contributed by atoms with Gasteiger partial charge in [-0.1, -0.05) is 20.6 Å². The van der Waals surface area contributed by atoms with Gasteiger partial charge in [0.2, 0.25) is 0 Å². The van der Waals surface area contributed by atoms with Gasteiger partial charge in [-0.3, -0.25) is 9.59 Å². The van der Waals surface area contributed by atoms with Crippen molar-refractivity contribution in [2.75, 3.05) is 0 Å². The molecular formula is C9H16O4. The molecule has 0 aliphatic rings. The fourth-order valence-electron chi connectivity index (χ4n) is 0.235. The van der Waals surface area contributed by atoms with Gasteiger partial charge in [-0.15, -0.1) is 0 Å². The van der Waals surface area contributed by atoms with Crippen LogP contribution in [-0.2, 0) is 19.1 Å². The van der Waals surface area contributed by atoms with Crippen LogP contribution in [0.2, 0.25) is 0 Å². The van der Waals surface area contributed by atoms with Crippen LogP contribution in [0.15, 0.2) is 25.7 Å². The molecule has 0 bridgehead atoms. The van der Waals surface area contributed by atoms with Crippen molar-refractivity contribution in [3.63, 3.8) is 0 Å². The van der Waals surface area contributed by atoms with Gasteiger partial charge in [0.05, 0.1) is 12.5 Å². The van der Waals surface area contributed by atoms with E-state index in [-0.39, 0.29) is 19.4 Å². The Hall–Kier alpha value is -1.58. The minimum Gasteiger partial charge on any atom is -0.435 e. The molecule has 0 fully saturated rings. The van der Waals surface area contributed by atoms with Crippen LogP contribution in [0.5, 0.6) is 0 Å². The van der Waals surface area contributed by atoms with E-state index >= 15 is 0 Å². The molecule has 4 heteroatoms. The topological polar surface area (TPSA) is 52.6 Å². The summed E-state index contributed by atoms with van der Waals surface area (Å²) < 4.78 is 8.33. The standard InChI is InChI=1S/2C4H6O2.CH4/c2*1-3-6-4(2)5;/h2*3H,1H2,2H3;1H4. The molecule has 0 spiro atoms. The van der Waals surface area contributed by atoms with E-state index in [1.807, 2.05) is 0 Å². The zero-order chi connectivity index (χ0) is 9.98. The predicted octanol–water partition coefficient (Wildman–Crippen LogP) is 2.02. The molecule has 0 aromatic carbocycles. The molecule has 0 unspecified atom stereocenters. The van der Waals surface area contributed by atoms with Gasteiger partial charge in [-0.2, -0.15) is 0 Å². The normalized spacial score (nSPS) is 6.31. The summed E-state index contributed by atoms with van der Waals surface area (Å²) in [5.74, 6) is -0.657. The summed E-state index contributed by atoms with van der Waals surface area (Å²) in [6.45, 7) is 8.96. The van der Waals surface area contributed by atoms with Crippen LogP contribution in [0.1, 0.15) is 21.3 Å². The van der Waals surface area contributed by atoms with Crippen LogP contribution >= 0.6 is 0 Å². The highest BCUT2D eigenvalue weighted by molar-refractivity contribution is 5.66. The first kappa shape index (κ1) is 17.5. The first-order valence-corrected chi connectivity index (χ1v) is 3.10. The van der Waals surface area contributed by atoms with Crippen LogP contribution in [0.3, 0.4) is 0 Å². The smallest absolute Gasteiger partial charge is 0.307 e. The summed E-state index contributed by atoms with van der Waals surface area (Å²) in [6, 6.07) is 0. The molecular weight excluding hydrogens is 172 g/mol. The van der Waals surface area contributed by atoms with E-state index in [0.717, 1.165) is 12.5 Å². The van der Waals surface area contributed by atoms with Gasteiger partial charge in [0, 0.05) is 13.8 Å². The molecule has 4 nitrogen and oxygen atoms in total. The van der Waals surface area contributed by atoms with Crippen molar-refractivity contribution in [2.24, 2.45) is 0 Å². The molecule has 0 rings (SSSR count). The summed E-state index contributed by atoms with van der Waals surface area (Å²) in [5.41, 5.74) is 0. The van der Waals surface area contributed by atoms with Gasteiger partial charge in [-0.05, 0) is 0 Å². The Kier molecular flexibility index (Phi) is 17.5. The number of carbonyl (C=O) groups is 2. The number of hydrogen-bond acceptors (Lipinski definition) is 4. The number of carbonyl (C=O) groups excluding carboxylic acids is 2. The van der Waals surface area contributed by atoms with E-state index in [1.165, 1.54) is 13.8 Å². The van der Waals surface area contributed by atoms with Gasteiger partial charge in [0.1, 0.15) is 0 Å². The van der Waals surface area contributed by atoms with E-state index < -0.39 is 0 Å². The van der Waals surface area contributed by atoms with E-state index in [0.29, 0.717) is 0 Å². The van der Waals surface area contributed by atoms with Gasteiger partial charge < -0.3 is 9.47 Å². The molecule has 0 N–H and O–H groups in total. The maximum absolute atomic E-state index is 9.75. The van der Waals surface area contributed by atoms with Crippen molar-refractivity contribution in [3.8, 4) is 0 Å². The molecule has 0 saturated heterocycles. The maximum atomic E-state index is 9.75. The molecule has 0 aromatic heterocycles. The summed E-state index contributed by atoms with van der Waals surface area (Å²) in [4.78, 5) is 19.5. The van der Waals surface area contributed by atoms with Crippen molar-refractivity contribution in [1.82, 2.24) is 0 Å². The lowest BCUT2D eigenvalue weighted by molar-refractivity contribution is -0.136. The third-order valence-electron chi connectivity index (χ3n) is 0.499. The molecule has 0 aromatic rings. The third kappa shape index (κ3) is 37.8. The molecule has 0 radical (unpaired) electrons. The lowest BCUT2D eigenvalue weighted by atomic mass is 10.8. The molecule has 0 heterocycles. The van der Waals surface area contributed by atoms with Gasteiger partial charge >= 0.3 is 11.9 Å². The predicted molar refractivity (Wildman–Crippen MR) is 50.7 cm³/mol. The Bertz CT molecular complexity index is 152. The van der Waals surface area contributed by atoms with Crippen LogP contribution in [-0.4, -0.2) is 11.9 Å². The summed E-state index contributed by atoms with van der Waals surface area (Å²) in [6.07, 6.45) is 2.20. The van der Waals surface area contributed by atoms with Crippen molar-refractivity contribution < 1.29 is 19.1 Å². The van der Waals surface area contributed by atoms with Gasteiger partial charge in [0.25, 0.3) is 0 Å². The zero-order valence-corrected chi connectivity index (χ0v) is 7.20. The SMILES string of the molecule is C.C=COC(C)=O.C=COC(C)=O. The highest BCUT2D eigenvalue weighted by Crippen LogP contribution is 1.70. The maximum Gasteiger partial charge on any atom is 0.307 e. The Morgan fingerprint density at radius 3 is 1.23 bits per heavy atom. The minimum atomic E-state index is -0.329. The van der Waals surface area contributed by atoms with Gasteiger partial charge in [0.15, 0.2) is 0 Å². The van der Waals surface area contributed by atoms with Crippen molar-refractivity contribution in [3.05, 3.63) is 25.7 Å². The van der Waals surface area contributed by atoms with E-state index in [9.17, 15) is 9.59 Å². The van der Waals surface area contributed by atoms with E-state index in [1.54, 1.807) is 0 Å². The van der Waals surface area contributed by atoms with Crippen LogP contribution in [0.4, 0.5) is 0 Å². The summed E-state index contributed by atoms with van der Waals surface area (Å²) >= 11 is 0. The van der Waals surface area contributed by atoms with Crippen molar-refractivity contribution >= 4 is 11.9 Å². The first-order valence-electron chi connectivity index (χ1n) is 3.10. The summed E-state index contributed by atoms with van der Waals surface area (Å²) in [7, 11) is 0. The Morgan fingerprint density at radius 1 is 1.00 bits per heavy atom. The lowest BCUT2D eigenvalue weighted by Gasteiger charge is -1.83. The van der Waals surface area contributed by atoms with E-state index in [2.05, 4.69) is 22.6 Å². The van der Waals surface area contributed by atoms with Crippen molar-refractivity contribution in [2.45, 2.75) is 21.3 Å². The zero-order valence-electron chi connectivity index (χ0n) is 7.20. The second-order valence-electron chi connectivity index (χ2n) is 1.55. The molecule has 0 aliphatic heterocycles. The molecule has 0 saturated carbocycles. The fraction of sp³-hybridized carbons (Fsp3) is 0.333. The number of esters is 2. The Morgan fingerprint density at radius 2 is 1.23 bits per heavy atom. The highest BCUT2D eigenvalue weighted by Gasteiger charge is 1.79. The molecule has 0 aliphatic carbocycles. The molecule has 76 valence electrons. The molecule has 0 amide bonds. The third-order valence-corrected chi connectivity index (χ3v) is 0.499. The quantitative estimate of drug-likeness (QED) is 0.491. The first-order chi connectivity index (χ1) is 5.54. The molecule has 13 heavy (non-hydrogen) atoms. The molecule has 0 atom stereocenters. The number of rotatable bonds is 2.